The lowest BCUT2D eigenvalue weighted by Gasteiger charge is -2.21. The number of hydrogen-bond donors (Lipinski definition) is 1. The summed E-state index contributed by atoms with van der Waals surface area (Å²) in [7, 11) is 0. The third-order valence-corrected chi connectivity index (χ3v) is 5.69. The zero-order chi connectivity index (χ0) is 21.1. The Morgan fingerprint density at radius 1 is 1.00 bits per heavy atom. The maximum absolute atomic E-state index is 13.3. The summed E-state index contributed by atoms with van der Waals surface area (Å²) in [5.41, 5.74) is 1.03. The van der Waals surface area contributed by atoms with E-state index < -0.39 is 0 Å². The van der Waals surface area contributed by atoms with Crippen molar-refractivity contribution in [3.63, 3.8) is 0 Å². The lowest BCUT2D eigenvalue weighted by Crippen LogP contribution is -2.33. The number of para-hydroxylation sites is 1. The number of aromatic nitrogens is 2. The van der Waals surface area contributed by atoms with Crippen molar-refractivity contribution in [2.24, 2.45) is 0 Å². The Bertz CT molecular complexity index is 1280. The van der Waals surface area contributed by atoms with Crippen LogP contribution in [0.3, 0.4) is 0 Å². The quantitative estimate of drug-likeness (QED) is 0.483. The van der Waals surface area contributed by atoms with Gasteiger partial charge < -0.3 is 9.88 Å². The topological polar surface area (TPSA) is 83.1 Å². The second kappa shape index (κ2) is 8.42. The second-order valence-corrected chi connectivity index (χ2v) is 7.65. The van der Waals surface area contributed by atoms with Crippen molar-refractivity contribution in [3.8, 4) is 0 Å². The first-order valence-electron chi connectivity index (χ1n) is 9.53. The van der Waals surface area contributed by atoms with Crippen molar-refractivity contribution in [2.75, 3.05) is 6.54 Å². The van der Waals surface area contributed by atoms with Gasteiger partial charge in [0.15, 0.2) is 0 Å². The Balaban J connectivity index is 1.66. The van der Waals surface area contributed by atoms with E-state index >= 15 is 0 Å². The van der Waals surface area contributed by atoms with Crippen LogP contribution in [0.5, 0.6) is 0 Å². The summed E-state index contributed by atoms with van der Waals surface area (Å²) in [6.45, 7) is 2.38. The number of H-pyrrole nitrogens is 1. The molecule has 1 N–H and O–H groups in total. The number of fused-ring (bicyclic) bond motifs is 1. The third-order valence-electron chi connectivity index (χ3n) is 4.82. The molecule has 0 bridgehead atoms. The van der Waals surface area contributed by atoms with Crippen LogP contribution in [0.2, 0.25) is 0 Å². The van der Waals surface area contributed by atoms with Crippen LogP contribution < -0.4 is 5.56 Å². The predicted molar refractivity (Wildman–Crippen MR) is 117 cm³/mol. The molecule has 4 aromatic rings. The number of nitrogens with one attached hydrogen (secondary N) is 1. The van der Waals surface area contributed by atoms with Gasteiger partial charge in [-0.15, -0.1) is 11.3 Å². The first-order valence-corrected chi connectivity index (χ1v) is 10.4. The molecule has 1 amide bonds. The van der Waals surface area contributed by atoms with E-state index in [1.54, 1.807) is 53.4 Å². The molecule has 0 aliphatic carbocycles. The third kappa shape index (κ3) is 3.79. The zero-order valence-electron chi connectivity index (χ0n) is 16.3. The van der Waals surface area contributed by atoms with Crippen molar-refractivity contribution in [2.45, 2.75) is 13.5 Å². The monoisotopic (exact) mass is 417 g/mol. The van der Waals surface area contributed by atoms with Crippen molar-refractivity contribution < 1.29 is 9.59 Å². The number of aromatic amines is 1. The molecule has 0 unspecified atom stereocenters. The Labute approximate surface area is 176 Å². The van der Waals surface area contributed by atoms with E-state index in [1.165, 1.54) is 11.3 Å². The highest BCUT2D eigenvalue weighted by Crippen LogP contribution is 2.20. The molecule has 0 aliphatic heterocycles. The molecule has 0 aliphatic rings. The molecular weight excluding hydrogens is 398 g/mol. The number of hydrogen-bond acceptors (Lipinski definition) is 5. The molecule has 0 radical (unpaired) electrons. The average molecular weight is 417 g/mol. The van der Waals surface area contributed by atoms with Crippen LogP contribution in [0.4, 0.5) is 0 Å². The Kier molecular flexibility index (Phi) is 5.54. The van der Waals surface area contributed by atoms with Gasteiger partial charge in [-0.2, -0.15) is 0 Å². The van der Waals surface area contributed by atoms with Crippen LogP contribution >= 0.6 is 11.3 Å². The van der Waals surface area contributed by atoms with Crippen molar-refractivity contribution in [3.05, 3.63) is 98.2 Å². The summed E-state index contributed by atoms with van der Waals surface area (Å²) in [4.78, 5) is 47.9. The first kappa shape index (κ1) is 19.7. The number of benzene rings is 2. The molecule has 2 aromatic heterocycles. The van der Waals surface area contributed by atoms with Gasteiger partial charge in [0, 0.05) is 12.1 Å². The van der Waals surface area contributed by atoms with Gasteiger partial charge in [0.1, 0.15) is 5.82 Å². The number of carbonyl (C=O) groups is 2. The van der Waals surface area contributed by atoms with E-state index in [9.17, 15) is 14.4 Å². The zero-order valence-corrected chi connectivity index (χ0v) is 17.1. The number of amides is 1. The fourth-order valence-electron chi connectivity index (χ4n) is 3.30. The summed E-state index contributed by atoms with van der Waals surface area (Å²) < 4.78 is 0. The SMILES string of the molecule is CCN(Cc1nc2ccccc2c(=O)[nH]1)C(=O)c1ccccc1C(=O)c1cccs1. The van der Waals surface area contributed by atoms with E-state index in [0.717, 1.165) is 0 Å². The lowest BCUT2D eigenvalue weighted by atomic mass is 10.0. The number of thiophene rings is 1. The number of ketones is 1. The van der Waals surface area contributed by atoms with Crippen LogP contribution in [-0.4, -0.2) is 33.1 Å². The van der Waals surface area contributed by atoms with E-state index in [4.69, 9.17) is 0 Å². The molecule has 7 heteroatoms. The summed E-state index contributed by atoms with van der Waals surface area (Å²) in [6.07, 6.45) is 0. The van der Waals surface area contributed by atoms with Gasteiger partial charge in [-0.05, 0) is 36.6 Å². The van der Waals surface area contributed by atoms with Crippen molar-refractivity contribution in [1.82, 2.24) is 14.9 Å². The number of nitrogens with zero attached hydrogens (tertiary/aromatic N) is 2. The molecule has 2 aromatic carbocycles. The molecule has 0 fully saturated rings. The van der Waals surface area contributed by atoms with Crippen molar-refractivity contribution >= 4 is 33.9 Å². The fraction of sp³-hybridized carbons (Fsp3) is 0.130. The normalized spacial score (nSPS) is 10.8. The molecule has 4 rings (SSSR count). The van der Waals surface area contributed by atoms with Gasteiger partial charge in [-0.1, -0.05) is 36.4 Å². The molecule has 6 nitrogen and oxygen atoms in total. The summed E-state index contributed by atoms with van der Waals surface area (Å²) in [6, 6.07) is 17.4. The van der Waals surface area contributed by atoms with E-state index in [0.29, 0.717) is 39.3 Å². The molecule has 0 spiro atoms. The highest BCUT2D eigenvalue weighted by molar-refractivity contribution is 7.12. The van der Waals surface area contributed by atoms with Gasteiger partial charge in [-0.25, -0.2) is 4.98 Å². The molecule has 0 saturated heterocycles. The minimum atomic E-state index is -0.284. The van der Waals surface area contributed by atoms with E-state index in [-0.39, 0.29) is 23.8 Å². The molecule has 2 heterocycles. The minimum Gasteiger partial charge on any atom is -0.331 e. The smallest absolute Gasteiger partial charge is 0.258 e. The molecule has 30 heavy (non-hydrogen) atoms. The summed E-state index contributed by atoms with van der Waals surface area (Å²) in [5.74, 6) is -0.0629. The van der Waals surface area contributed by atoms with E-state index in [1.807, 2.05) is 24.4 Å². The minimum absolute atomic E-state index is 0.136. The predicted octanol–water partition coefficient (Wildman–Crippen LogP) is 3.88. The highest BCUT2D eigenvalue weighted by Gasteiger charge is 2.23. The molecule has 0 saturated carbocycles. The van der Waals surface area contributed by atoms with Gasteiger partial charge in [0.25, 0.3) is 11.5 Å². The second-order valence-electron chi connectivity index (χ2n) is 6.70. The maximum atomic E-state index is 13.3. The molecule has 0 atom stereocenters. The maximum Gasteiger partial charge on any atom is 0.258 e. The molecule has 150 valence electrons. The van der Waals surface area contributed by atoms with Crippen LogP contribution in [0.25, 0.3) is 10.9 Å². The van der Waals surface area contributed by atoms with Crippen LogP contribution in [0.1, 0.15) is 38.3 Å². The Hall–Kier alpha value is -3.58. The van der Waals surface area contributed by atoms with Crippen LogP contribution in [-0.2, 0) is 6.54 Å². The van der Waals surface area contributed by atoms with Gasteiger partial charge in [0.2, 0.25) is 5.78 Å². The Morgan fingerprint density at radius 3 is 2.47 bits per heavy atom. The van der Waals surface area contributed by atoms with Gasteiger partial charge in [-0.3, -0.25) is 14.4 Å². The summed E-state index contributed by atoms with van der Waals surface area (Å²) >= 11 is 1.34. The fourth-order valence-corrected chi connectivity index (χ4v) is 3.97. The van der Waals surface area contributed by atoms with Gasteiger partial charge >= 0.3 is 0 Å². The number of carbonyl (C=O) groups excluding carboxylic acids is 2. The lowest BCUT2D eigenvalue weighted by molar-refractivity contribution is 0.0744. The average Bonchev–Trinajstić information content (AvgIpc) is 3.31. The molecular formula is C23H19N3O3S. The van der Waals surface area contributed by atoms with Crippen LogP contribution in [0, 0.1) is 0 Å². The van der Waals surface area contributed by atoms with Crippen molar-refractivity contribution in [1.29, 1.82) is 0 Å². The largest absolute Gasteiger partial charge is 0.331 e. The van der Waals surface area contributed by atoms with E-state index in [2.05, 4.69) is 9.97 Å². The Morgan fingerprint density at radius 2 is 1.73 bits per heavy atom. The number of rotatable bonds is 6. The summed E-state index contributed by atoms with van der Waals surface area (Å²) in [5, 5.41) is 2.33. The standard InChI is InChI=1S/C23H19N3O3S/c1-2-26(14-20-24-18-11-6-5-10-17(18)22(28)25-20)23(29)16-9-4-3-8-15(16)21(27)19-12-7-13-30-19/h3-13H,2,14H2,1H3,(H,24,25,28). The highest BCUT2D eigenvalue weighted by atomic mass is 32.1. The van der Waals surface area contributed by atoms with Gasteiger partial charge in [0.05, 0.1) is 27.9 Å². The van der Waals surface area contributed by atoms with Crippen LogP contribution in [0.15, 0.2) is 70.8 Å². The first-order chi connectivity index (χ1) is 14.6.